The first kappa shape index (κ1) is 49.0. The molecule has 9 atom stereocenters. The summed E-state index contributed by atoms with van der Waals surface area (Å²) in [5.74, 6) is -8.01. The van der Waals surface area contributed by atoms with E-state index in [9.17, 15) is 39.9 Å². The Labute approximate surface area is 380 Å². The van der Waals surface area contributed by atoms with Crippen LogP contribution in [0.25, 0.3) is 10.8 Å². The third-order valence-corrected chi connectivity index (χ3v) is 13.5. The van der Waals surface area contributed by atoms with Crippen molar-refractivity contribution in [3.63, 3.8) is 0 Å². The number of nitrogens with zero attached hydrogens (tertiary/aromatic N) is 1. The Balaban J connectivity index is 1.43. The molecule has 4 aliphatic rings. The van der Waals surface area contributed by atoms with Crippen molar-refractivity contribution in [1.82, 2.24) is 10.2 Å². The van der Waals surface area contributed by atoms with Gasteiger partial charge in [-0.25, -0.2) is 0 Å². The Kier molecular flexibility index (Phi) is 15.4. The van der Waals surface area contributed by atoms with Gasteiger partial charge in [0.05, 0.1) is 41.2 Å². The van der Waals surface area contributed by atoms with Gasteiger partial charge in [0.1, 0.15) is 23.4 Å². The number of aromatic hydroxyl groups is 3. The minimum Gasteiger partial charge on any atom is -0.507 e. The van der Waals surface area contributed by atoms with E-state index in [-0.39, 0.29) is 57.1 Å². The first-order valence-corrected chi connectivity index (χ1v) is 22.4. The lowest BCUT2D eigenvalue weighted by Crippen LogP contribution is -2.46. The number of phenolic OH excluding ortho intramolecular Hbond substituents is 3. The van der Waals surface area contributed by atoms with Crippen molar-refractivity contribution in [2.75, 3.05) is 25.5 Å². The van der Waals surface area contributed by atoms with Crippen molar-refractivity contribution in [3.05, 3.63) is 88.7 Å². The van der Waals surface area contributed by atoms with E-state index in [2.05, 4.69) is 27.7 Å². The quantitative estimate of drug-likeness (QED) is 0.0765. The van der Waals surface area contributed by atoms with Crippen LogP contribution >= 0.6 is 0 Å². The third kappa shape index (κ3) is 10.2. The summed E-state index contributed by atoms with van der Waals surface area (Å²) in [7, 11) is 1.45. The molecule has 7 rings (SSSR count). The second kappa shape index (κ2) is 20.4. The molecule has 4 aliphatic heterocycles. The van der Waals surface area contributed by atoms with E-state index >= 15 is 0 Å². The number of carbonyl (C=O) groups is 3. The number of rotatable bonds is 7. The molecule has 3 aromatic carbocycles. The number of hydrogen-bond acceptors (Lipinski definition) is 14. The number of nitrogens with one attached hydrogen (secondary N) is 2. The second-order valence-electron chi connectivity index (χ2n) is 18.1. The van der Waals surface area contributed by atoms with E-state index in [4.69, 9.17) is 18.9 Å². The highest BCUT2D eigenvalue weighted by atomic mass is 16.7. The zero-order valence-electron chi connectivity index (χ0n) is 38.8. The number of hydrogen-bond donors (Lipinski definition) is 7. The molecular formula is C50H65N3O12. The highest BCUT2D eigenvalue weighted by Crippen LogP contribution is 2.55. The number of ketones is 1. The Hall–Kier alpha value is -5.45. The molecule has 352 valence electrons. The van der Waals surface area contributed by atoms with E-state index in [1.807, 2.05) is 18.2 Å². The van der Waals surface area contributed by atoms with Gasteiger partial charge in [0, 0.05) is 85.8 Å². The number of phenols is 3. The molecule has 1 saturated heterocycles. The molecule has 1 fully saturated rings. The molecule has 15 nitrogen and oxygen atoms in total. The lowest BCUT2D eigenvalue weighted by atomic mass is 9.78. The maximum Gasteiger partial charge on any atom is 0.312 e. The molecule has 0 spiro atoms. The number of aliphatic hydroxyl groups is 2. The van der Waals surface area contributed by atoms with Crippen LogP contribution in [0.2, 0.25) is 0 Å². The van der Waals surface area contributed by atoms with Crippen LogP contribution < -0.4 is 15.4 Å². The molecule has 0 aromatic heterocycles. The summed E-state index contributed by atoms with van der Waals surface area (Å²) < 4.78 is 23.8. The lowest BCUT2D eigenvalue weighted by Gasteiger charge is -2.38. The number of anilines is 1. The van der Waals surface area contributed by atoms with Crippen LogP contribution in [0.15, 0.2) is 66.5 Å². The fourth-order valence-corrected chi connectivity index (χ4v) is 9.34. The molecule has 4 heterocycles. The van der Waals surface area contributed by atoms with Gasteiger partial charge in [-0.15, -0.1) is 0 Å². The number of aliphatic hydroxyl groups excluding tert-OH is 2. The fourth-order valence-electron chi connectivity index (χ4n) is 9.34. The molecule has 0 unspecified atom stereocenters. The minimum atomic E-state index is -2.03. The SMILES string of the molecule is CO[C@H]1/C=C\O[C@@]2(C)Oc3c(C)c(O)c4c(O)c(c(CNC5CCN(Cc6ccccc6)CC5)c(O)c4c3C2=O)NC(=O)/C(C)=C\C=C/[C@H](C)[C@H](O)[C@@H](C)[C@@H](O)[C@@H](C)[C@H](OC(C)=O)[C@@H]1C. The van der Waals surface area contributed by atoms with E-state index in [1.165, 1.54) is 51.9 Å². The van der Waals surface area contributed by atoms with Crippen molar-refractivity contribution in [3.8, 4) is 23.0 Å². The summed E-state index contributed by atoms with van der Waals surface area (Å²) in [6.45, 7) is 15.1. The van der Waals surface area contributed by atoms with Gasteiger partial charge in [-0.2, -0.15) is 0 Å². The topological polar surface area (TPSA) is 217 Å². The fraction of sp³-hybridized carbons (Fsp3) is 0.500. The summed E-state index contributed by atoms with van der Waals surface area (Å²) in [5.41, 5.74) is 1.29. The summed E-state index contributed by atoms with van der Waals surface area (Å²) in [6, 6.07) is 10.2. The molecule has 1 amide bonds. The van der Waals surface area contributed by atoms with Crippen LogP contribution in [-0.2, 0) is 36.9 Å². The number of fused-ring (bicyclic) bond motifs is 14. The number of allylic oxidation sites excluding steroid dienone is 2. The number of methoxy groups -OCH3 is 1. The third-order valence-electron chi connectivity index (χ3n) is 13.5. The number of likely N-dealkylation sites (tertiary alicyclic amines) is 1. The van der Waals surface area contributed by atoms with Crippen LogP contribution in [0.3, 0.4) is 0 Å². The highest BCUT2D eigenvalue weighted by Gasteiger charge is 2.50. The average molecular weight is 900 g/mol. The van der Waals surface area contributed by atoms with Gasteiger partial charge in [-0.3, -0.25) is 19.3 Å². The molecule has 0 aliphatic carbocycles. The van der Waals surface area contributed by atoms with E-state index < -0.39 is 88.8 Å². The molecule has 7 N–H and O–H groups in total. The summed E-state index contributed by atoms with van der Waals surface area (Å²) >= 11 is 0. The Bertz CT molecular complexity index is 2340. The van der Waals surface area contributed by atoms with Crippen molar-refractivity contribution >= 4 is 34.1 Å². The molecule has 65 heavy (non-hydrogen) atoms. The number of esters is 1. The Morgan fingerprint density at radius 2 is 1.60 bits per heavy atom. The zero-order valence-corrected chi connectivity index (χ0v) is 38.8. The van der Waals surface area contributed by atoms with Crippen LogP contribution in [0.4, 0.5) is 5.69 Å². The maximum atomic E-state index is 14.6. The molecule has 3 aromatic rings. The molecule has 0 radical (unpaired) electrons. The van der Waals surface area contributed by atoms with Gasteiger partial charge < -0.3 is 55.1 Å². The maximum absolute atomic E-state index is 14.6. The van der Waals surface area contributed by atoms with Gasteiger partial charge in [-0.1, -0.05) is 76.3 Å². The van der Waals surface area contributed by atoms with Crippen LogP contribution in [0.5, 0.6) is 23.0 Å². The molecule has 0 saturated carbocycles. The first-order chi connectivity index (χ1) is 30.8. The number of amides is 1. The van der Waals surface area contributed by atoms with Gasteiger partial charge in [0.25, 0.3) is 11.7 Å². The normalized spacial score (nSPS) is 30.3. The first-order valence-electron chi connectivity index (χ1n) is 22.4. The van der Waals surface area contributed by atoms with Crippen molar-refractivity contribution in [2.24, 2.45) is 23.7 Å². The van der Waals surface area contributed by atoms with E-state index in [1.54, 1.807) is 46.8 Å². The standard InChI is InChI=1S/C50H65N3O12/c1-26-14-13-15-27(2)49(61)52-40-35(24-51-34-18-21-53(22-19-34)25-33-16-11-10-12-17-33)44(58)37-38(45(40)59)43(57)31(6)47-39(37)48(60)50(8,65-47)63-23-20-36(62-9)28(3)46(64-32(7)54)30(5)42(56)29(4)41(26)55/h10-17,20,23,26,28-30,34,36,41-42,46,51,55-59H,18-19,21-22,24-25H2,1-9H3,(H,52,61)/b14-13-,23-20-,27-15-/t26-,28+,29+,30+,36-,41-,42+,46+,50-/m0/s1. The Morgan fingerprint density at radius 1 is 0.923 bits per heavy atom. The van der Waals surface area contributed by atoms with Gasteiger partial charge in [0.2, 0.25) is 0 Å². The number of benzene rings is 3. The number of piperidine rings is 1. The molecule has 15 heteroatoms. The predicted molar refractivity (Wildman–Crippen MR) is 245 cm³/mol. The average Bonchev–Trinajstić information content (AvgIpc) is 3.55. The zero-order chi connectivity index (χ0) is 47.5. The van der Waals surface area contributed by atoms with E-state index in [0.29, 0.717) is 0 Å². The van der Waals surface area contributed by atoms with Gasteiger partial charge in [0.15, 0.2) is 5.75 Å². The second-order valence-corrected chi connectivity index (χ2v) is 18.1. The number of carbonyl (C=O) groups excluding carboxylic acids is 3. The molecule has 5 bridgehead atoms. The van der Waals surface area contributed by atoms with Crippen LogP contribution in [-0.4, -0.2) is 105 Å². The lowest BCUT2D eigenvalue weighted by molar-refractivity contribution is -0.160. The van der Waals surface area contributed by atoms with E-state index in [0.717, 1.165) is 32.5 Å². The highest BCUT2D eigenvalue weighted by molar-refractivity contribution is 6.22. The van der Waals surface area contributed by atoms with Crippen molar-refractivity contribution in [1.29, 1.82) is 0 Å². The van der Waals surface area contributed by atoms with Crippen molar-refractivity contribution in [2.45, 2.75) is 118 Å². The van der Waals surface area contributed by atoms with Crippen LogP contribution in [0.1, 0.15) is 88.4 Å². The number of ether oxygens (including phenoxy) is 4. The monoisotopic (exact) mass is 899 g/mol. The summed E-state index contributed by atoms with van der Waals surface area (Å²) in [5, 5.41) is 64.9. The van der Waals surface area contributed by atoms with Gasteiger partial charge in [-0.05, 0) is 51.4 Å². The Morgan fingerprint density at radius 3 is 2.25 bits per heavy atom. The summed E-state index contributed by atoms with van der Waals surface area (Å²) in [6.07, 6.45) is 5.26. The molecular weight excluding hydrogens is 835 g/mol. The largest absolute Gasteiger partial charge is 0.507 e. The minimum absolute atomic E-state index is 0.00725. The summed E-state index contributed by atoms with van der Waals surface area (Å²) in [4.78, 5) is 43.3. The smallest absolute Gasteiger partial charge is 0.312 e. The number of Topliss-reactive ketones (excluding diaryl/α,β-unsaturated/α-hetero) is 1. The van der Waals surface area contributed by atoms with Gasteiger partial charge >= 0.3 is 11.8 Å². The predicted octanol–water partition coefficient (Wildman–Crippen LogP) is 6.51. The van der Waals surface area contributed by atoms with Crippen molar-refractivity contribution < 1.29 is 58.9 Å². The van der Waals surface area contributed by atoms with Crippen LogP contribution in [0, 0.1) is 30.6 Å².